The SMILES string of the molecule is Cl.O=C(Nc1ncnc2c1cnn2CCN1CCOCC1)NC12CC3CC(CC(C3)C1)C2. The summed E-state index contributed by atoms with van der Waals surface area (Å²) in [6, 6.07) is -0.150. The normalized spacial score (nSPS) is 31.4. The predicted molar refractivity (Wildman–Crippen MR) is 123 cm³/mol. The number of rotatable bonds is 5. The van der Waals surface area contributed by atoms with E-state index in [1.165, 1.54) is 25.6 Å². The second-order valence-corrected chi connectivity index (χ2v) is 10.1. The molecule has 7 rings (SSSR count). The van der Waals surface area contributed by atoms with Gasteiger partial charge < -0.3 is 10.1 Å². The van der Waals surface area contributed by atoms with Gasteiger partial charge in [0.1, 0.15) is 12.1 Å². The van der Waals surface area contributed by atoms with Crippen molar-refractivity contribution in [3.05, 3.63) is 12.5 Å². The van der Waals surface area contributed by atoms with Gasteiger partial charge in [-0.25, -0.2) is 19.4 Å². The monoisotopic (exact) mass is 461 g/mol. The lowest BCUT2D eigenvalue weighted by Crippen LogP contribution is -2.60. The Balaban J connectivity index is 0.00000216. The van der Waals surface area contributed by atoms with E-state index in [1.54, 1.807) is 6.20 Å². The highest BCUT2D eigenvalue weighted by Crippen LogP contribution is 2.55. The topological polar surface area (TPSA) is 97.2 Å². The van der Waals surface area contributed by atoms with Gasteiger partial charge in [-0.2, -0.15) is 5.10 Å². The van der Waals surface area contributed by atoms with Crippen LogP contribution in [0.2, 0.25) is 0 Å². The third kappa shape index (κ3) is 4.18. The van der Waals surface area contributed by atoms with Gasteiger partial charge in [0.15, 0.2) is 5.65 Å². The smallest absolute Gasteiger partial charge is 0.320 e. The molecule has 3 heterocycles. The number of hydrogen-bond donors (Lipinski definition) is 2. The van der Waals surface area contributed by atoms with Crippen molar-refractivity contribution >= 4 is 35.3 Å². The first-order valence-electron chi connectivity index (χ1n) is 11.7. The van der Waals surface area contributed by atoms with Crippen LogP contribution in [0.5, 0.6) is 0 Å². The van der Waals surface area contributed by atoms with Crippen LogP contribution >= 0.6 is 12.4 Å². The fraction of sp³-hybridized carbons (Fsp3) is 0.727. The minimum Gasteiger partial charge on any atom is -0.379 e. The van der Waals surface area contributed by atoms with Crippen LogP contribution in [0, 0.1) is 17.8 Å². The molecule has 0 aromatic carbocycles. The standard InChI is InChI=1S/C22H31N7O2.ClH/c30-21(27-22-10-15-7-16(11-22)9-17(8-15)12-22)26-19-18-13-25-29(20(18)24-14-23-19)2-1-28-3-5-31-6-4-28;/h13-17H,1-12H2,(H2,23,24,26,27,30);1H. The molecule has 32 heavy (non-hydrogen) atoms. The van der Waals surface area contributed by atoms with E-state index in [-0.39, 0.29) is 24.0 Å². The second kappa shape index (κ2) is 8.76. The summed E-state index contributed by atoms with van der Waals surface area (Å²) in [5.41, 5.74) is 0.737. The van der Waals surface area contributed by atoms with Crippen molar-refractivity contribution in [2.75, 3.05) is 38.2 Å². The van der Waals surface area contributed by atoms with Crippen molar-refractivity contribution in [1.82, 2.24) is 30.0 Å². The first kappa shape index (κ1) is 21.9. The number of carbonyl (C=O) groups excluding carboxylic acids is 1. The lowest BCUT2D eigenvalue weighted by molar-refractivity contribution is -0.0127. The number of nitrogens with zero attached hydrogens (tertiary/aromatic N) is 5. The minimum atomic E-state index is -0.150. The minimum absolute atomic E-state index is 0. The van der Waals surface area contributed by atoms with Crippen LogP contribution in [0.3, 0.4) is 0 Å². The van der Waals surface area contributed by atoms with Gasteiger partial charge >= 0.3 is 6.03 Å². The van der Waals surface area contributed by atoms with E-state index < -0.39 is 0 Å². The number of halogens is 1. The Labute approximate surface area is 194 Å². The highest BCUT2D eigenvalue weighted by atomic mass is 35.5. The number of aromatic nitrogens is 4. The van der Waals surface area contributed by atoms with Gasteiger partial charge in [-0.15, -0.1) is 12.4 Å². The number of hydrogen-bond acceptors (Lipinski definition) is 6. The molecule has 4 aliphatic carbocycles. The molecule has 4 bridgehead atoms. The van der Waals surface area contributed by atoms with E-state index in [0.29, 0.717) is 5.82 Å². The van der Waals surface area contributed by atoms with Gasteiger partial charge in [-0.1, -0.05) is 0 Å². The van der Waals surface area contributed by atoms with Crippen LogP contribution in [-0.4, -0.2) is 69.1 Å². The molecular weight excluding hydrogens is 430 g/mol. The third-order valence-electron chi connectivity index (χ3n) is 7.81. The molecule has 9 nitrogen and oxygen atoms in total. The fourth-order valence-electron chi connectivity index (χ4n) is 6.86. The van der Waals surface area contributed by atoms with Crippen LogP contribution in [0.25, 0.3) is 11.0 Å². The van der Waals surface area contributed by atoms with Gasteiger partial charge in [0, 0.05) is 25.2 Å². The van der Waals surface area contributed by atoms with Crippen molar-refractivity contribution in [3.8, 4) is 0 Å². The van der Waals surface area contributed by atoms with E-state index in [1.807, 2.05) is 4.68 Å². The maximum absolute atomic E-state index is 13.0. The third-order valence-corrected chi connectivity index (χ3v) is 7.81. The summed E-state index contributed by atoms with van der Waals surface area (Å²) in [7, 11) is 0. The average Bonchev–Trinajstić information content (AvgIpc) is 3.16. The zero-order chi connectivity index (χ0) is 20.8. The lowest BCUT2D eigenvalue weighted by Gasteiger charge is -2.56. The Morgan fingerprint density at radius 2 is 1.75 bits per heavy atom. The molecule has 4 saturated carbocycles. The fourth-order valence-corrected chi connectivity index (χ4v) is 6.86. The first-order chi connectivity index (χ1) is 15.2. The van der Waals surface area contributed by atoms with Crippen molar-refractivity contribution in [2.24, 2.45) is 17.8 Å². The zero-order valence-electron chi connectivity index (χ0n) is 18.3. The number of carbonyl (C=O) groups is 1. The van der Waals surface area contributed by atoms with Gasteiger partial charge in [0.05, 0.1) is 31.3 Å². The lowest BCUT2D eigenvalue weighted by atomic mass is 9.53. The summed E-state index contributed by atoms with van der Waals surface area (Å²) in [6.07, 6.45) is 10.7. The number of ether oxygens (including phenoxy) is 1. The van der Waals surface area contributed by atoms with E-state index in [9.17, 15) is 4.79 Å². The number of nitrogens with one attached hydrogen (secondary N) is 2. The summed E-state index contributed by atoms with van der Waals surface area (Å²) in [6.45, 7) is 5.12. The van der Waals surface area contributed by atoms with Crippen molar-refractivity contribution in [3.63, 3.8) is 0 Å². The summed E-state index contributed by atoms with van der Waals surface area (Å²) >= 11 is 0. The van der Waals surface area contributed by atoms with Crippen molar-refractivity contribution in [1.29, 1.82) is 0 Å². The summed E-state index contributed by atoms with van der Waals surface area (Å²) in [5, 5.41) is 11.6. The summed E-state index contributed by atoms with van der Waals surface area (Å²) < 4.78 is 7.31. The molecule has 2 N–H and O–H groups in total. The highest BCUT2D eigenvalue weighted by molar-refractivity contribution is 5.97. The molecule has 0 atom stereocenters. The number of morpholine rings is 1. The second-order valence-electron chi connectivity index (χ2n) is 10.1. The summed E-state index contributed by atoms with van der Waals surface area (Å²) in [5.74, 6) is 2.91. The Kier molecular flexibility index (Phi) is 5.98. The number of urea groups is 1. The molecule has 2 aromatic heterocycles. The van der Waals surface area contributed by atoms with Gasteiger partial charge in [0.25, 0.3) is 0 Å². The molecule has 2 amide bonds. The Hall–Kier alpha value is -1.97. The van der Waals surface area contributed by atoms with Gasteiger partial charge in [0.2, 0.25) is 0 Å². The number of fused-ring (bicyclic) bond motifs is 1. The van der Waals surface area contributed by atoms with Crippen LogP contribution in [0.1, 0.15) is 38.5 Å². The van der Waals surface area contributed by atoms with E-state index in [0.717, 1.165) is 87.4 Å². The Bertz CT molecular complexity index is 939. The zero-order valence-corrected chi connectivity index (χ0v) is 19.1. The molecule has 0 radical (unpaired) electrons. The largest absolute Gasteiger partial charge is 0.379 e. The average molecular weight is 462 g/mol. The van der Waals surface area contributed by atoms with E-state index >= 15 is 0 Å². The van der Waals surface area contributed by atoms with Crippen LogP contribution < -0.4 is 10.6 Å². The number of anilines is 1. The molecule has 1 saturated heterocycles. The molecule has 10 heteroatoms. The molecule has 0 unspecified atom stereocenters. The van der Waals surface area contributed by atoms with Crippen LogP contribution in [-0.2, 0) is 11.3 Å². The van der Waals surface area contributed by atoms with Crippen molar-refractivity contribution < 1.29 is 9.53 Å². The van der Waals surface area contributed by atoms with Gasteiger partial charge in [-0.3, -0.25) is 10.2 Å². The quantitative estimate of drug-likeness (QED) is 0.710. The van der Waals surface area contributed by atoms with Crippen LogP contribution in [0.15, 0.2) is 12.5 Å². The molecule has 0 spiro atoms. The highest BCUT2D eigenvalue weighted by Gasteiger charge is 2.51. The first-order valence-corrected chi connectivity index (χ1v) is 11.7. The maximum atomic E-state index is 13.0. The summed E-state index contributed by atoms with van der Waals surface area (Å²) in [4.78, 5) is 24.1. The van der Waals surface area contributed by atoms with Gasteiger partial charge in [-0.05, 0) is 56.3 Å². The molecule has 5 aliphatic rings. The maximum Gasteiger partial charge on any atom is 0.320 e. The predicted octanol–water partition coefficient (Wildman–Crippen LogP) is 2.67. The molecule has 5 fully saturated rings. The molecule has 1 aliphatic heterocycles. The van der Waals surface area contributed by atoms with Crippen molar-refractivity contribution in [2.45, 2.75) is 50.6 Å². The molecule has 174 valence electrons. The Morgan fingerprint density at radius 1 is 1.06 bits per heavy atom. The van der Waals surface area contributed by atoms with Crippen LogP contribution in [0.4, 0.5) is 10.6 Å². The van der Waals surface area contributed by atoms with E-state index in [2.05, 4.69) is 30.6 Å². The molecule has 2 aromatic rings. The Morgan fingerprint density at radius 3 is 2.44 bits per heavy atom. The van der Waals surface area contributed by atoms with E-state index in [4.69, 9.17) is 4.74 Å². The molecular formula is C22H32ClN7O2. The number of amides is 2.